The molecule has 0 aliphatic rings. The van der Waals surface area contributed by atoms with Crippen molar-refractivity contribution in [1.29, 1.82) is 0 Å². The van der Waals surface area contributed by atoms with Crippen LogP contribution in [0, 0.1) is 0 Å². The minimum absolute atomic E-state index is 0.129. The predicted octanol–water partition coefficient (Wildman–Crippen LogP) is 2.21. The molecule has 1 aromatic rings. The maximum atomic E-state index is 11.9. The molecule has 0 unspecified atom stereocenters. The van der Waals surface area contributed by atoms with E-state index < -0.39 is 5.97 Å². The zero-order valence-corrected chi connectivity index (χ0v) is 13.4. The number of amides is 1. The van der Waals surface area contributed by atoms with Crippen molar-refractivity contribution in [2.45, 2.75) is 20.3 Å². The molecule has 0 fully saturated rings. The van der Waals surface area contributed by atoms with Crippen molar-refractivity contribution >= 4 is 11.9 Å². The van der Waals surface area contributed by atoms with Crippen molar-refractivity contribution in [3.8, 4) is 5.75 Å². The largest absolute Gasteiger partial charge is 0.497 e. The normalized spacial score (nSPS) is 9.95. The molecule has 0 aliphatic heterocycles. The van der Waals surface area contributed by atoms with E-state index in [1.54, 1.807) is 36.3 Å². The summed E-state index contributed by atoms with van der Waals surface area (Å²) >= 11 is 0. The maximum absolute atomic E-state index is 11.9. The number of ether oxygens (including phenoxy) is 2. The van der Waals surface area contributed by atoms with Gasteiger partial charge in [0.15, 0.2) is 6.61 Å². The second kappa shape index (κ2) is 8.87. The van der Waals surface area contributed by atoms with Crippen molar-refractivity contribution in [3.05, 3.63) is 42.0 Å². The number of rotatable bonds is 8. The van der Waals surface area contributed by atoms with E-state index in [1.807, 2.05) is 13.8 Å². The Labute approximate surface area is 131 Å². The van der Waals surface area contributed by atoms with Crippen molar-refractivity contribution in [1.82, 2.24) is 4.90 Å². The predicted molar refractivity (Wildman–Crippen MR) is 84.7 cm³/mol. The molecule has 120 valence electrons. The fraction of sp³-hybridized carbons (Fsp3) is 0.412. The molecule has 0 spiro atoms. The minimum Gasteiger partial charge on any atom is -0.497 e. The van der Waals surface area contributed by atoms with Gasteiger partial charge in [-0.1, -0.05) is 24.3 Å². The number of likely N-dealkylation sites (N-methyl/N-ethyl adjacent to an activating group) is 1. The van der Waals surface area contributed by atoms with Crippen LogP contribution in [0.2, 0.25) is 0 Å². The highest BCUT2D eigenvalue weighted by Gasteiger charge is 2.14. The molecular weight excluding hydrogens is 282 g/mol. The van der Waals surface area contributed by atoms with Gasteiger partial charge in [-0.25, -0.2) is 0 Å². The topological polar surface area (TPSA) is 55.8 Å². The van der Waals surface area contributed by atoms with Crippen LogP contribution in [-0.4, -0.2) is 43.6 Å². The number of carbonyl (C=O) groups excluding carboxylic acids is 2. The molecule has 1 rings (SSSR count). The van der Waals surface area contributed by atoms with Crippen molar-refractivity contribution < 1.29 is 19.1 Å². The highest BCUT2D eigenvalue weighted by atomic mass is 16.5. The number of nitrogens with zero attached hydrogens (tertiary/aromatic N) is 1. The van der Waals surface area contributed by atoms with Crippen LogP contribution in [-0.2, 0) is 20.7 Å². The Balaban J connectivity index is 2.44. The Morgan fingerprint density at radius 2 is 1.86 bits per heavy atom. The monoisotopic (exact) mass is 305 g/mol. The van der Waals surface area contributed by atoms with E-state index in [-0.39, 0.29) is 18.9 Å². The van der Waals surface area contributed by atoms with Crippen molar-refractivity contribution in [2.75, 3.05) is 26.8 Å². The molecule has 0 radical (unpaired) electrons. The fourth-order valence-corrected chi connectivity index (χ4v) is 1.90. The molecule has 1 amide bonds. The Hall–Kier alpha value is -2.30. The second-order valence-corrected chi connectivity index (χ2v) is 5.05. The van der Waals surface area contributed by atoms with E-state index in [1.165, 1.54) is 0 Å². The average molecular weight is 305 g/mol. The summed E-state index contributed by atoms with van der Waals surface area (Å²) in [4.78, 5) is 25.3. The molecule has 1 aromatic carbocycles. The van der Waals surface area contributed by atoms with Gasteiger partial charge in [-0.05, 0) is 31.5 Å². The summed E-state index contributed by atoms with van der Waals surface area (Å²) in [7, 11) is 1.58. The molecule has 0 saturated heterocycles. The van der Waals surface area contributed by atoms with Crippen LogP contribution >= 0.6 is 0 Å². The minimum atomic E-state index is -0.426. The average Bonchev–Trinajstić information content (AvgIpc) is 2.50. The van der Waals surface area contributed by atoms with Crippen molar-refractivity contribution in [3.63, 3.8) is 0 Å². The lowest BCUT2D eigenvalue weighted by Gasteiger charge is -2.20. The van der Waals surface area contributed by atoms with Crippen LogP contribution in [0.25, 0.3) is 0 Å². The molecule has 0 heterocycles. The third kappa shape index (κ3) is 5.99. The molecule has 0 saturated carbocycles. The van der Waals surface area contributed by atoms with Gasteiger partial charge in [-0.3, -0.25) is 9.59 Å². The third-order valence-corrected chi connectivity index (χ3v) is 3.06. The number of esters is 1. The van der Waals surface area contributed by atoms with E-state index in [0.29, 0.717) is 13.1 Å². The molecule has 5 heteroatoms. The Morgan fingerprint density at radius 3 is 2.36 bits per heavy atom. The van der Waals surface area contributed by atoms with E-state index in [4.69, 9.17) is 9.47 Å². The Morgan fingerprint density at radius 1 is 1.23 bits per heavy atom. The van der Waals surface area contributed by atoms with Gasteiger partial charge in [0.1, 0.15) is 5.75 Å². The van der Waals surface area contributed by atoms with E-state index >= 15 is 0 Å². The van der Waals surface area contributed by atoms with Gasteiger partial charge in [-0.2, -0.15) is 0 Å². The fourth-order valence-electron chi connectivity index (χ4n) is 1.90. The molecule has 22 heavy (non-hydrogen) atoms. The first-order valence-electron chi connectivity index (χ1n) is 7.17. The number of methoxy groups -OCH3 is 1. The van der Waals surface area contributed by atoms with Crippen LogP contribution in [0.5, 0.6) is 5.75 Å². The van der Waals surface area contributed by atoms with Gasteiger partial charge in [-0.15, -0.1) is 0 Å². The van der Waals surface area contributed by atoms with Crippen LogP contribution in [0.3, 0.4) is 0 Å². The molecule has 0 atom stereocenters. The molecular formula is C17H23NO4. The van der Waals surface area contributed by atoms with Gasteiger partial charge in [0.2, 0.25) is 0 Å². The lowest BCUT2D eigenvalue weighted by atomic mass is 10.1. The Bertz CT molecular complexity index is 522. The third-order valence-electron chi connectivity index (χ3n) is 3.06. The summed E-state index contributed by atoms with van der Waals surface area (Å²) < 4.78 is 10.1. The maximum Gasteiger partial charge on any atom is 0.310 e. The lowest BCUT2D eigenvalue weighted by Crippen LogP contribution is -2.35. The highest BCUT2D eigenvalue weighted by molar-refractivity contribution is 5.81. The first kappa shape index (κ1) is 17.8. The molecule has 5 nitrogen and oxygen atoms in total. The summed E-state index contributed by atoms with van der Waals surface area (Å²) in [5.41, 5.74) is 1.70. The summed E-state index contributed by atoms with van der Waals surface area (Å²) in [6.45, 7) is 8.30. The summed E-state index contributed by atoms with van der Waals surface area (Å²) in [6.07, 6.45) is 0.129. The van der Waals surface area contributed by atoms with Crippen LogP contribution in [0.4, 0.5) is 0 Å². The standard InChI is InChI=1S/C17H23NO4/c1-5-18(11-13(2)3)16(19)12-22-17(20)10-14-6-8-15(21-4)9-7-14/h6-9H,2,5,10-12H2,1,3-4H3. The molecule has 0 N–H and O–H groups in total. The lowest BCUT2D eigenvalue weighted by molar-refractivity contribution is -0.151. The van der Waals surface area contributed by atoms with Gasteiger partial charge < -0.3 is 14.4 Å². The summed E-state index contributed by atoms with van der Waals surface area (Å²) in [5.74, 6) is 0.0872. The first-order chi connectivity index (χ1) is 10.5. The zero-order valence-electron chi connectivity index (χ0n) is 13.4. The number of hydrogen-bond donors (Lipinski definition) is 0. The summed E-state index contributed by atoms with van der Waals surface area (Å²) in [6, 6.07) is 7.14. The Kier molecular flexibility index (Phi) is 7.16. The number of benzene rings is 1. The zero-order chi connectivity index (χ0) is 16.5. The first-order valence-corrected chi connectivity index (χ1v) is 7.17. The van der Waals surface area contributed by atoms with Gasteiger partial charge >= 0.3 is 5.97 Å². The summed E-state index contributed by atoms with van der Waals surface area (Å²) in [5, 5.41) is 0. The second-order valence-electron chi connectivity index (χ2n) is 5.05. The molecule has 0 bridgehead atoms. The van der Waals surface area contributed by atoms with E-state index in [0.717, 1.165) is 16.9 Å². The molecule has 0 aliphatic carbocycles. The quantitative estimate of drug-likeness (QED) is 0.546. The number of hydrogen-bond acceptors (Lipinski definition) is 4. The van der Waals surface area contributed by atoms with Gasteiger partial charge in [0, 0.05) is 13.1 Å². The van der Waals surface area contributed by atoms with E-state index in [9.17, 15) is 9.59 Å². The molecule has 0 aromatic heterocycles. The highest BCUT2D eigenvalue weighted by Crippen LogP contribution is 2.12. The van der Waals surface area contributed by atoms with Crippen LogP contribution < -0.4 is 4.74 Å². The van der Waals surface area contributed by atoms with Gasteiger partial charge in [0.25, 0.3) is 5.91 Å². The van der Waals surface area contributed by atoms with Crippen molar-refractivity contribution in [2.24, 2.45) is 0 Å². The van der Waals surface area contributed by atoms with E-state index in [2.05, 4.69) is 6.58 Å². The number of carbonyl (C=O) groups is 2. The van der Waals surface area contributed by atoms with Crippen LogP contribution in [0.15, 0.2) is 36.4 Å². The SMILES string of the molecule is C=C(C)CN(CC)C(=O)COC(=O)Cc1ccc(OC)cc1. The van der Waals surface area contributed by atoms with Gasteiger partial charge in [0.05, 0.1) is 13.5 Å². The van der Waals surface area contributed by atoms with Crippen LogP contribution in [0.1, 0.15) is 19.4 Å². The smallest absolute Gasteiger partial charge is 0.310 e.